The van der Waals surface area contributed by atoms with Crippen molar-refractivity contribution in [3.8, 4) is 11.5 Å². The van der Waals surface area contributed by atoms with Crippen LogP contribution in [-0.2, 0) is 11.8 Å². The van der Waals surface area contributed by atoms with E-state index in [1.165, 1.54) is 0 Å². The number of hydrogen-bond donors (Lipinski definition) is 1. The molecule has 1 aliphatic rings. The van der Waals surface area contributed by atoms with Gasteiger partial charge in [0.05, 0.1) is 0 Å². The Bertz CT molecular complexity index is 601. The molecular formula is C16H18N2O2. The highest BCUT2D eigenvalue weighted by atomic mass is 16.7. The fourth-order valence-corrected chi connectivity index (χ4v) is 2.47. The summed E-state index contributed by atoms with van der Waals surface area (Å²) in [6.45, 7) is 2.99. The SMILES string of the molecule is CC(CN)(Cc1ccccn1)c1ccc2c(c1)OCO2. The minimum absolute atomic E-state index is 0.171. The van der Waals surface area contributed by atoms with Gasteiger partial charge in [-0.05, 0) is 29.8 Å². The lowest BCUT2D eigenvalue weighted by atomic mass is 9.78. The molecule has 0 fully saturated rings. The first-order valence-corrected chi connectivity index (χ1v) is 6.71. The molecule has 2 aromatic rings. The molecule has 1 aromatic heterocycles. The number of ether oxygens (including phenoxy) is 2. The van der Waals surface area contributed by atoms with Crippen LogP contribution in [0.15, 0.2) is 42.6 Å². The second-order valence-electron chi connectivity index (χ2n) is 5.33. The van der Waals surface area contributed by atoms with Crippen molar-refractivity contribution in [3.05, 3.63) is 53.9 Å². The summed E-state index contributed by atoms with van der Waals surface area (Å²) in [6.07, 6.45) is 2.61. The molecular weight excluding hydrogens is 252 g/mol. The van der Waals surface area contributed by atoms with Gasteiger partial charge < -0.3 is 15.2 Å². The maximum Gasteiger partial charge on any atom is 0.231 e. The van der Waals surface area contributed by atoms with E-state index in [1.807, 2.05) is 36.5 Å². The Hall–Kier alpha value is -2.07. The molecule has 1 aliphatic heterocycles. The smallest absolute Gasteiger partial charge is 0.231 e. The standard InChI is InChI=1S/C16H18N2O2/c1-16(10-17,9-13-4-2-3-7-18-13)12-5-6-14-15(8-12)20-11-19-14/h2-8H,9-11,17H2,1H3. The van der Waals surface area contributed by atoms with Crippen molar-refractivity contribution in [2.24, 2.45) is 5.73 Å². The van der Waals surface area contributed by atoms with Gasteiger partial charge in [0.1, 0.15) is 0 Å². The second-order valence-corrected chi connectivity index (χ2v) is 5.33. The van der Waals surface area contributed by atoms with Crippen molar-refractivity contribution in [3.63, 3.8) is 0 Å². The molecule has 1 unspecified atom stereocenters. The van der Waals surface area contributed by atoms with Crippen molar-refractivity contribution in [2.75, 3.05) is 13.3 Å². The molecule has 0 radical (unpaired) electrons. The van der Waals surface area contributed by atoms with Crippen molar-refractivity contribution < 1.29 is 9.47 Å². The van der Waals surface area contributed by atoms with E-state index < -0.39 is 0 Å². The van der Waals surface area contributed by atoms with Crippen LogP contribution in [0.4, 0.5) is 0 Å². The maximum absolute atomic E-state index is 6.03. The highest BCUT2D eigenvalue weighted by Crippen LogP contribution is 2.37. The summed E-state index contributed by atoms with van der Waals surface area (Å²) in [5.74, 6) is 1.59. The first-order valence-electron chi connectivity index (χ1n) is 6.71. The molecule has 2 N–H and O–H groups in total. The third kappa shape index (κ3) is 2.34. The first-order chi connectivity index (χ1) is 9.71. The normalized spacial score (nSPS) is 15.9. The van der Waals surface area contributed by atoms with Gasteiger partial charge in [0, 0.05) is 30.3 Å². The lowest BCUT2D eigenvalue weighted by Gasteiger charge is -2.28. The Morgan fingerprint density at radius 2 is 2.05 bits per heavy atom. The van der Waals surface area contributed by atoms with Gasteiger partial charge in [-0.1, -0.05) is 19.1 Å². The number of hydrogen-bond acceptors (Lipinski definition) is 4. The summed E-state index contributed by atoms with van der Waals surface area (Å²) >= 11 is 0. The van der Waals surface area contributed by atoms with Gasteiger partial charge in [0.15, 0.2) is 11.5 Å². The number of nitrogens with zero attached hydrogens (tertiary/aromatic N) is 1. The van der Waals surface area contributed by atoms with Gasteiger partial charge in [-0.15, -0.1) is 0 Å². The van der Waals surface area contributed by atoms with E-state index in [0.717, 1.165) is 29.2 Å². The fourth-order valence-electron chi connectivity index (χ4n) is 2.47. The third-order valence-corrected chi connectivity index (χ3v) is 3.82. The molecule has 1 atom stereocenters. The largest absolute Gasteiger partial charge is 0.454 e. The Balaban J connectivity index is 1.92. The molecule has 1 aromatic carbocycles. The third-order valence-electron chi connectivity index (χ3n) is 3.82. The van der Waals surface area contributed by atoms with Gasteiger partial charge in [0.25, 0.3) is 0 Å². The van der Waals surface area contributed by atoms with Crippen LogP contribution in [0.25, 0.3) is 0 Å². The molecule has 4 nitrogen and oxygen atoms in total. The molecule has 2 heterocycles. The molecule has 4 heteroatoms. The lowest BCUT2D eigenvalue weighted by molar-refractivity contribution is 0.174. The quantitative estimate of drug-likeness (QED) is 0.926. The zero-order valence-corrected chi connectivity index (χ0v) is 11.5. The van der Waals surface area contributed by atoms with Crippen LogP contribution in [0, 0.1) is 0 Å². The van der Waals surface area contributed by atoms with Crippen molar-refractivity contribution in [1.82, 2.24) is 4.98 Å². The number of rotatable bonds is 4. The first kappa shape index (κ1) is 12.9. The van der Waals surface area contributed by atoms with E-state index in [9.17, 15) is 0 Å². The predicted molar refractivity (Wildman–Crippen MR) is 76.9 cm³/mol. The Kier molecular flexibility index (Phi) is 3.32. The second kappa shape index (κ2) is 5.13. The van der Waals surface area contributed by atoms with Gasteiger partial charge in [-0.2, -0.15) is 0 Å². The highest BCUT2D eigenvalue weighted by Gasteiger charge is 2.28. The average molecular weight is 270 g/mol. The van der Waals surface area contributed by atoms with Gasteiger partial charge in [-0.25, -0.2) is 0 Å². The molecule has 0 saturated carbocycles. The van der Waals surface area contributed by atoms with E-state index in [0.29, 0.717) is 13.3 Å². The molecule has 0 saturated heterocycles. The van der Waals surface area contributed by atoms with Crippen molar-refractivity contribution in [2.45, 2.75) is 18.8 Å². The fraction of sp³-hybridized carbons (Fsp3) is 0.312. The number of pyridine rings is 1. The van der Waals surface area contributed by atoms with Gasteiger partial charge >= 0.3 is 0 Å². The Morgan fingerprint density at radius 1 is 1.20 bits per heavy atom. The van der Waals surface area contributed by atoms with E-state index >= 15 is 0 Å². The highest BCUT2D eigenvalue weighted by molar-refractivity contribution is 5.46. The average Bonchev–Trinajstić information content (AvgIpc) is 2.95. The molecule has 104 valence electrons. The summed E-state index contributed by atoms with van der Waals surface area (Å²) < 4.78 is 10.8. The Labute approximate surface area is 118 Å². The van der Waals surface area contributed by atoms with E-state index in [1.54, 1.807) is 0 Å². The zero-order valence-electron chi connectivity index (χ0n) is 11.5. The number of aromatic nitrogens is 1. The molecule has 0 spiro atoms. The minimum atomic E-state index is -0.171. The van der Waals surface area contributed by atoms with E-state index in [4.69, 9.17) is 15.2 Å². The molecule has 0 bridgehead atoms. The van der Waals surface area contributed by atoms with Crippen LogP contribution >= 0.6 is 0 Å². The molecule has 0 aliphatic carbocycles. The van der Waals surface area contributed by atoms with Crippen LogP contribution in [0.2, 0.25) is 0 Å². The van der Waals surface area contributed by atoms with Crippen LogP contribution in [-0.4, -0.2) is 18.3 Å². The lowest BCUT2D eigenvalue weighted by Crippen LogP contribution is -2.34. The van der Waals surface area contributed by atoms with Crippen LogP contribution in [0.5, 0.6) is 11.5 Å². The summed E-state index contributed by atoms with van der Waals surface area (Å²) in [4.78, 5) is 4.40. The van der Waals surface area contributed by atoms with E-state index in [2.05, 4.69) is 18.0 Å². The van der Waals surface area contributed by atoms with Crippen LogP contribution in [0.1, 0.15) is 18.2 Å². The predicted octanol–water partition coefficient (Wildman–Crippen LogP) is 2.27. The van der Waals surface area contributed by atoms with Gasteiger partial charge in [0.2, 0.25) is 6.79 Å². The monoisotopic (exact) mass is 270 g/mol. The minimum Gasteiger partial charge on any atom is -0.454 e. The van der Waals surface area contributed by atoms with Crippen LogP contribution < -0.4 is 15.2 Å². The number of benzene rings is 1. The summed E-state index contributed by atoms with van der Waals surface area (Å²) in [5, 5.41) is 0. The van der Waals surface area contributed by atoms with E-state index in [-0.39, 0.29) is 5.41 Å². The van der Waals surface area contributed by atoms with Gasteiger partial charge in [-0.3, -0.25) is 4.98 Å². The topological polar surface area (TPSA) is 57.4 Å². The Morgan fingerprint density at radius 3 is 2.80 bits per heavy atom. The summed E-state index contributed by atoms with van der Waals surface area (Å²) in [5.41, 5.74) is 8.05. The summed E-state index contributed by atoms with van der Waals surface area (Å²) in [7, 11) is 0. The van der Waals surface area contributed by atoms with Crippen molar-refractivity contribution in [1.29, 1.82) is 0 Å². The maximum atomic E-state index is 6.03. The number of fused-ring (bicyclic) bond motifs is 1. The summed E-state index contributed by atoms with van der Waals surface area (Å²) in [6, 6.07) is 12.0. The zero-order chi connectivity index (χ0) is 14.0. The molecule has 20 heavy (non-hydrogen) atoms. The van der Waals surface area contributed by atoms with Crippen molar-refractivity contribution >= 4 is 0 Å². The van der Waals surface area contributed by atoms with Crippen LogP contribution in [0.3, 0.4) is 0 Å². The number of nitrogens with two attached hydrogens (primary N) is 1. The molecule has 3 rings (SSSR count). The molecule has 0 amide bonds.